The molecule has 1 aliphatic heterocycles. The summed E-state index contributed by atoms with van der Waals surface area (Å²) in [5.41, 5.74) is 5.79. The van der Waals surface area contributed by atoms with Gasteiger partial charge in [0.05, 0.1) is 5.02 Å². The highest BCUT2D eigenvalue weighted by Crippen LogP contribution is 2.29. The smallest absolute Gasteiger partial charge is 0.244 e. The zero-order valence-electron chi connectivity index (χ0n) is 10.5. The molecule has 0 spiro atoms. The number of hydrogen-bond donors (Lipinski definition) is 1. The zero-order valence-corrected chi connectivity index (χ0v) is 12.1. The molecule has 2 unspecified atom stereocenters. The van der Waals surface area contributed by atoms with Crippen LogP contribution < -0.4 is 5.73 Å². The van der Waals surface area contributed by atoms with Gasteiger partial charge in [0.15, 0.2) is 0 Å². The maximum Gasteiger partial charge on any atom is 0.244 e. The first-order valence-corrected chi connectivity index (χ1v) is 7.85. The van der Waals surface area contributed by atoms with Crippen molar-refractivity contribution in [3.05, 3.63) is 29.0 Å². The number of nitrogens with two attached hydrogens (primary N) is 1. The molecule has 0 aromatic heterocycles. The monoisotopic (exact) mass is 306 g/mol. The molecule has 0 aliphatic carbocycles. The largest absolute Gasteiger partial charge is 0.328 e. The van der Waals surface area contributed by atoms with E-state index in [1.54, 1.807) is 0 Å². The van der Waals surface area contributed by atoms with Crippen molar-refractivity contribution in [2.45, 2.75) is 24.3 Å². The quantitative estimate of drug-likeness (QED) is 0.927. The number of sulfonamides is 1. The summed E-state index contributed by atoms with van der Waals surface area (Å²) >= 11 is 5.82. The van der Waals surface area contributed by atoms with E-state index in [0.29, 0.717) is 13.1 Å². The molecule has 0 amide bonds. The summed E-state index contributed by atoms with van der Waals surface area (Å²) < 4.78 is 39.2. The molecule has 1 aliphatic rings. The summed E-state index contributed by atoms with van der Waals surface area (Å²) in [6.07, 6.45) is 0.732. The Hall–Kier alpha value is -0.690. The van der Waals surface area contributed by atoms with Crippen molar-refractivity contribution in [2.24, 2.45) is 11.7 Å². The van der Waals surface area contributed by atoms with Gasteiger partial charge in [-0.1, -0.05) is 11.6 Å². The van der Waals surface area contributed by atoms with Crippen LogP contribution in [0.25, 0.3) is 0 Å². The lowest BCUT2D eigenvalue weighted by atomic mass is 10.0. The molecule has 4 nitrogen and oxygen atoms in total. The van der Waals surface area contributed by atoms with Gasteiger partial charge in [-0.25, -0.2) is 12.8 Å². The second-order valence-corrected chi connectivity index (χ2v) is 7.16. The summed E-state index contributed by atoms with van der Waals surface area (Å²) in [6, 6.07) is 3.25. The highest BCUT2D eigenvalue weighted by atomic mass is 35.5. The SMILES string of the molecule is CC(N)C1CCN(S(=O)(=O)c2ccc(F)cc2Cl)C1. The highest BCUT2D eigenvalue weighted by molar-refractivity contribution is 7.89. The Morgan fingerprint density at radius 2 is 2.21 bits per heavy atom. The first-order chi connectivity index (χ1) is 8.82. The molecule has 1 aromatic carbocycles. The molecule has 2 atom stereocenters. The van der Waals surface area contributed by atoms with Crippen molar-refractivity contribution in [2.75, 3.05) is 13.1 Å². The topological polar surface area (TPSA) is 63.4 Å². The number of benzene rings is 1. The van der Waals surface area contributed by atoms with Crippen LogP contribution in [0, 0.1) is 11.7 Å². The summed E-state index contributed by atoms with van der Waals surface area (Å²) in [4.78, 5) is -0.0547. The summed E-state index contributed by atoms with van der Waals surface area (Å²) in [5, 5.41) is -0.0933. The normalized spacial score (nSPS) is 22.6. The Morgan fingerprint density at radius 3 is 2.74 bits per heavy atom. The van der Waals surface area contributed by atoms with Crippen molar-refractivity contribution in [1.29, 1.82) is 0 Å². The molecule has 0 saturated carbocycles. The fourth-order valence-corrected chi connectivity index (χ4v) is 4.24. The van der Waals surface area contributed by atoms with Crippen molar-refractivity contribution in [3.8, 4) is 0 Å². The van der Waals surface area contributed by atoms with Gasteiger partial charge in [-0.3, -0.25) is 0 Å². The van der Waals surface area contributed by atoms with E-state index in [9.17, 15) is 12.8 Å². The Kier molecular flexibility index (Phi) is 4.15. The Morgan fingerprint density at radius 1 is 1.53 bits per heavy atom. The van der Waals surface area contributed by atoms with Crippen LogP contribution >= 0.6 is 11.6 Å². The lowest BCUT2D eigenvalue weighted by Gasteiger charge is -2.18. The predicted molar refractivity (Wildman–Crippen MR) is 71.9 cm³/mol. The van der Waals surface area contributed by atoms with Gasteiger partial charge in [0, 0.05) is 19.1 Å². The molecule has 106 valence electrons. The van der Waals surface area contributed by atoms with Crippen molar-refractivity contribution in [3.63, 3.8) is 0 Å². The van der Waals surface area contributed by atoms with Crippen molar-refractivity contribution < 1.29 is 12.8 Å². The van der Waals surface area contributed by atoms with Crippen LogP contribution in [0.3, 0.4) is 0 Å². The average molecular weight is 307 g/mol. The van der Waals surface area contributed by atoms with Gasteiger partial charge < -0.3 is 5.73 Å². The molecule has 1 fully saturated rings. The molecule has 0 radical (unpaired) electrons. The minimum atomic E-state index is -3.67. The van der Waals surface area contributed by atoms with Crippen molar-refractivity contribution >= 4 is 21.6 Å². The van der Waals surface area contributed by atoms with E-state index in [1.165, 1.54) is 10.4 Å². The zero-order chi connectivity index (χ0) is 14.2. The van der Waals surface area contributed by atoms with Gasteiger partial charge in [0.2, 0.25) is 10.0 Å². The third kappa shape index (κ3) is 2.91. The van der Waals surface area contributed by atoms with E-state index in [2.05, 4.69) is 0 Å². The fraction of sp³-hybridized carbons (Fsp3) is 0.500. The van der Waals surface area contributed by atoms with Crippen LogP contribution in [-0.4, -0.2) is 31.9 Å². The standard InChI is InChI=1S/C12H16ClFN2O2S/c1-8(15)9-4-5-16(7-9)19(17,18)12-3-2-10(14)6-11(12)13/h2-3,6,8-9H,4-5,7,15H2,1H3. The van der Waals surface area contributed by atoms with Crippen LogP contribution in [0.5, 0.6) is 0 Å². The predicted octanol–water partition coefficient (Wildman–Crippen LogP) is 1.84. The highest BCUT2D eigenvalue weighted by Gasteiger charge is 2.34. The molecule has 0 bridgehead atoms. The molecule has 19 heavy (non-hydrogen) atoms. The first kappa shape index (κ1) is 14.7. The molecule has 1 aromatic rings. The van der Waals surface area contributed by atoms with Crippen LogP contribution in [0.2, 0.25) is 5.02 Å². The van der Waals surface area contributed by atoms with Crippen LogP contribution in [-0.2, 0) is 10.0 Å². The minimum absolute atomic E-state index is 0.0520. The van der Waals surface area contributed by atoms with Gasteiger partial charge >= 0.3 is 0 Å². The number of nitrogens with zero attached hydrogens (tertiary/aromatic N) is 1. The van der Waals surface area contributed by atoms with Gasteiger partial charge in [-0.15, -0.1) is 0 Å². The van der Waals surface area contributed by atoms with E-state index in [1.807, 2.05) is 6.92 Å². The summed E-state index contributed by atoms with van der Waals surface area (Å²) in [5.74, 6) is -0.409. The molecule has 1 saturated heterocycles. The Labute approximate surface area is 117 Å². The van der Waals surface area contributed by atoms with Gasteiger partial charge in [-0.05, 0) is 37.5 Å². The average Bonchev–Trinajstić information content (AvgIpc) is 2.78. The van der Waals surface area contributed by atoms with E-state index in [4.69, 9.17) is 17.3 Å². The van der Waals surface area contributed by atoms with Crippen molar-refractivity contribution in [1.82, 2.24) is 4.31 Å². The lowest BCUT2D eigenvalue weighted by Crippen LogP contribution is -2.33. The third-order valence-electron chi connectivity index (χ3n) is 3.44. The van der Waals surface area contributed by atoms with Crippen LogP contribution in [0.15, 0.2) is 23.1 Å². The second kappa shape index (κ2) is 5.36. The molecular weight excluding hydrogens is 291 g/mol. The minimum Gasteiger partial charge on any atom is -0.328 e. The summed E-state index contributed by atoms with van der Waals surface area (Å²) in [7, 11) is -3.67. The molecule has 1 heterocycles. The number of hydrogen-bond acceptors (Lipinski definition) is 3. The van der Waals surface area contributed by atoms with Crippen LogP contribution in [0.1, 0.15) is 13.3 Å². The van der Waals surface area contributed by atoms with E-state index in [0.717, 1.165) is 18.6 Å². The maximum atomic E-state index is 13.0. The Bertz CT molecular complexity index is 577. The van der Waals surface area contributed by atoms with Gasteiger partial charge in [0.1, 0.15) is 10.7 Å². The fourth-order valence-electron chi connectivity index (χ4n) is 2.22. The number of rotatable bonds is 3. The lowest BCUT2D eigenvalue weighted by molar-refractivity contribution is 0.429. The first-order valence-electron chi connectivity index (χ1n) is 6.03. The van der Waals surface area contributed by atoms with E-state index < -0.39 is 15.8 Å². The number of halogens is 2. The van der Waals surface area contributed by atoms with E-state index in [-0.39, 0.29) is 21.9 Å². The maximum absolute atomic E-state index is 13.0. The Balaban J connectivity index is 2.29. The van der Waals surface area contributed by atoms with Gasteiger partial charge in [0.25, 0.3) is 0 Å². The summed E-state index contributed by atoms with van der Waals surface area (Å²) in [6.45, 7) is 2.67. The van der Waals surface area contributed by atoms with Crippen LogP contribution in [0.4, 0.5) is 4.39 Å². The second-order valence-electron chi connectivity index (χ2n) is 4.85. The third-order valence-corrected chi connectivity index (χ3v) is 5.79. The molecule has 7 heteroatoms. The van der Waals surface area contributed by atoms with Gasteiger partial charge in [-0.2, -0.15) is 4.31 Å². The molecule has 2 N–H and O–H groups in total. The van der Waals surface area contributed by atoms with E-state index >= 15 is 0 Å². The molecular formula is C12H16ClFN2O2S. The molecule has 2 rings (SSSR count).